The van der Waals surface area contributed by atoms with E-state index in [1.807, 2.05) is 12.1 Å². The summed E-state index contributed by atoms with van der Waals surface area (Å²) >= 11 is 5.32. The van der Waals surface area contributed by atoms with Crippen molar-refractivity contribution in [1.29, 1.82) is 0 Å². The fraction of sp³-hybridized carbons (Fsp3) is 0.133. The minimum atomic E-state index is 0.231. The summed E-state index contributed by atoms with van der Waals surface area (Å²) < 4.78 is 0. The third kappa shape index (κ3) is 2.22. The van der Waals surface area contributed by atoms with Crippen LogP contribution in [0.3, 0.4) is 0 Å². The standard InChI is InChI=1S/C15H14N2S/c18-15-16-13-9-5-4-8-12(13)10-14(17-15)11-6-2-1-3-7-11/h1-9,14H,10H2,(H2,16,17,18). The molecule has 0 saturated carbocycles. The molecule has 1 unspecified atom stereocenters. The predicted molar refractivity (Wildman–Crippen MR) is 78.7 cm³/mol. The largest absolute Gasteiger partial charge is 0.355 e. The van der Waals surface area contributed by atoms with E-state index in [0.29, 0.717) is 5.11 Å². The number of anilines is 1. The predicted octanol–water partition coefficient (Wildman–Crippen LogP) is 3.27. The Morgan fingerprint density at radius 3 is 2.50 bits per heavy atom. The van der Waals surface area contributed by atoms with Gasteiger partial charge in [-0.1, -0.05) is 48.5 Å². The lowest BCUT2D eigenvalue weighted by Gasteiger charge is -2.17. The summed E-state index contributed by atoms with van der Waals surface area (Å²) in [5.74, 6) is 0. The van der Waals surface area contributed by atoms with Gasteiger partial charge in [0.15, 0.2) is 5.11 Å². The SMILES string of the molecule is S=C1Nc2ccccc2CC(c2ccccc2)N1. The van der Waals surface area contributed by atoms with Gasteiger partial charge < -0.3 is 10.6 Å². The number of rotatable bonds is 1. The zero-order valence-electron chi connectivity index (χ0n) is 9.89. The zero-order valence-corrected chi connectivity index (χ0v) is 10.7. The minimum Gasteiger partial charge on any atom is -0.355 e. The van der Waals surface area contributed by atoms with Crippen molar-refractivity contribution in [3.63, 3.8) is 0 Å². The number of fused-ring (bicyclic) bond motifs is 1. The highest BCUT2D eigenvalue weighted by molar-refractivity contribution is 7.80. The van der Waals surface area contributed by atoms with Gasteiger partial charge >= 0.3 is 0 Å². The molecule has 0 amide bonds. The van der Waals surface area contributed by atoms with E-state index in [1.54, 1.807) is 0 Å². The van der Waals surface area contributed by atoms with Crippen LogP contribution in [0.15, 0.2) is 54.6 Å². The second-order valence-corrected chi connectivity index (χ2v) is 4.83. The second kappa shape index (κ2) is 4.78. The first kappa shape index (κ1) is 11.2. The average Bonchev–Trinajstić information content (AvgIpc) is 2.57. The van der Waals surface area contributed by atoms with Gasteiger partial charge in [-0.05, 0) is 35.8 Å². The first-order chi connectivity index (χ1) is 8.83. The molecule has 2 aromatic rings. The van der Waals surface area contributed by atoms with E-state index in [0.717, 1.165) is 12.1 Å². The highest BCUT2D eigenvalue weighted by Crippen LogP contribution is 2.26. The molecule has 1 aliphatic heterocycles. The quantitative estimate of drug-likeness (QED) is 0.764. The number of thiocarbonyl (C=S) groups is 1. The van der Waals surface area contributed by atoms with Crippen LogP contribution in [0.4, 0.5) is 5.69 Å². The van der Waals surface area contributed by atoms with Crippen molar-refractivity contribution in [1.82, 2.24) is 5.32 Å². The van der Waals surface area contributed by atoms with Gasteiger partial charge in [-0.3, -0.25) is 0 Å². The van der Waals surface area contributed by atoms with Gasteiger partial charge in [0.05, 0.1) is 6.04 Å². The van der Waals surface area contributed by atoms with Crippen LogP contribution in [0.25, 0.3) is 0 Å². The zero-order chi connectivity index (χ0) is 12.4. The fourth-order valence-corrected chi connectivity index (χ4v) is 2.55. The molecule has 2 aromatic carbocycles. The third-order valence-electron chi connectivity index (χ3n) is 3.20. The van der Waals surface area contributed by atoms with Gasteiger partial charge in [0.2, 0.25) is 0 Å². The lowest BCUT2D eigenvalue weighted by molar-refractivity contribution is 0.655. The van der Waals surface area contributed by atoms with Gasteiger partial charge in [0.1, 0.15) is 0 Å². The second-order valence-electron chi connectivity index (χ2n) is 4.42. The van der Waals surface area contributed by atoms with Crippen LogP contribution in [0.2, 0.25) is 0 Å². The summed E-state index contributed by atoms with van der Waals surface area (Å²) in [5, 5.41) is 7.29. The fourth-order valence-electron chi connectivity index (χ4n) is 2.29. The monoisotopic (exact) mass is 254 g/mol. The van der Waals surface area contributed by atoms with Crippen LogP contribution < -0.4 is 10.6 Å². The van der Waals surface area contributed by atoms with Crippen LogP contribution in [-0.2, 0) is 6.42 Å². The third-order valence-corrected chi connectivity index (χ3v) is 3.42. The van der Waals surface area contributed by atoms with Crippen LogP contribution in [0.5, 0.6) is 0 Å². The molecule has 2 N–H and O–H groups in total. The topological polar surface area (TPSA) is 24.1 Å². The molecule has 0 aromatic heterocycles. The van der Waals surface area contributed by atoms with E-state index in [2.05, 4.69) is 53.1 Å². The summed E-state index contributed by atoms with van der Waals surface area (Å²) in [7, 11) is 0. The van der Waals surface area contributed by atoms with E-state index >= 15 is 0 Å². The van der Waals surface area contributed by atoms with E-state index in [4.69, 9.17) is 12.2 Å². The summed E-state index contributed by atoms with van der Waals surface area (Å²) in [5.41, 5.74) is 3.66. The van der Waals surface area contributed by atoms with Crippen molar-refractivity contribution >= 4 is 23.0 Å². The number of hydrogen-bond donors (Lipinski definition) is 2. The normalized spacial score (nSPS) is 18.2. The molecule has 0 bridgehead atoms. The van der Waals surface area contributed by atoms with Crippen molar-refractivity contribution in [3.8, 4) is 0 Å². The molecule has 90 valence electrons. The lowest BCUT2D eigenvalue weighted by atomic mass is 9.98. The summed E-state index contributed by atoms with van der Waals surface area (Å²) in [6.07, 6.45) is 0.938. The van der Waals surface area contributed by atoms with Crippen molar-refractivity contribution in [3.05, 3.63) is 65.7 Å². The molecular formula is C15H14N2S. The maximum atomic E-state index is 5.32. The molecule has 0 fully saturated rings. The molecule has 0 saturated heterocycles. The van der Waals surface area contributed by atoms with Gasteiger partial charge in [-0.15, -0.1) is 0 Å². The number of para-hydroxylation sites is 1. The Morgan fingerprint density at radius 2 is 1.67 bits per heavy atom. The Hall–Kier alpha value is -1.87. The van der Waals surface area contributed by atoms with Crippen molar-refractivity contribution in [2.75, 3.05) is 5.32 Å². The molecule has 2 nitrogen and oxygen atoms in total. The molecule has 1 aliphatic rings. The lowest BCUT2D eigenvalue weighted by Crippen LogP contribution is -2.30. The first-order valence-corrected chi connectivity index (χ1v) is 6.44. The summed E-state index contributed by atoms with van der Waals surface area (Å²) in [4.78, 5) is 0. The van der Waals surface area contributed by atoms with Gasteiger partial charge in [0, 0.05) is 5.69 Å². The average molecular weight is 254 g/mol. The summed E-state index contributed by atoms with van der Waals surface area (Å²) in [6, 6.07) is 19.0. The molecule has 3 heteroatoms. The maximum Gasteiger partial charge on any atom is 0.171 e. The van der Waals surface area contributed by atoms with E-state index in [-0.39, 0.29) is 6.04 Å². The highest BCUT2D eigenvalue weighted by atomic mass is 32.1. The smallest absolute Gasteiger partial charge is 0.171 e. The molecular weight excluding hydrogens is 240 g/mol. The Balaban J connectivity index is 1.97. The summed E-state index contributed by atoms with van der Waals surface area (Å²) in [6.45, 7) is 0. The van der Waals surface area contributed by atoms with Crippen LogP contribution in [0.1, 0.15) is 17.2 Å². The van der Waals surface area contributed by atoms with Gasteiger partial charge in [0.25, 0.3) is 0 Å². The minimum absolute atomic E-state index is 0.231. The Morgan fingerprint density at radius 1 is 0.944 bits per heavy atom. The molecule has 18 heavy (non-hydrogen) atoms. The molecule has 1 heterocycles. The molecule has 0 spiro atoms. The van der Waals surface area contributed by atoms with Crippen LogP contribution in [-0.4, -0.2) is 5.11 Å². The molecule has 0 aliphatic carbocycles. The van der Waals surface area contributed by atoms with Crippen LogP contribution in [0, 0.1) is 0 Å². The van der Waals surface area contributed by atoms with Crippen LogP contribution >= 0.6 is 12.2 Å². The van der Waals surface area contributed by atoms with Crippen molar-refractivity contribution in [2.45, 2.75) is 12.5 Å². The maximum absolute atomic E-state index is 5.32. The molecule has 3 rings (SSSR count). The van der Waals surface area contributed by atoms with Gasteiger partial charge in [-0.2, -0.15) is 0 Å². The van der Waals surface area contributed by atoms with E-state index in [1.165, 1.54) is 11.1 Å². The number of nitrogens with one attached hydrogen (secondary N) is 2. The highest BCUT2D eigenvalue weighted by Gasteiger charge is 2.19. The number of benzene rings is 2. The van der Waals surface area contributed by atoms with Crippen molar-refractivity contribution < 1.29 is 0 Å². The van der Waals surface area contributed by atoms with E-state index < -0.39 is 0 Å². The van der Waals surface area contributed by atoms with Gasteiger partial charge in [-0.25, -0.2) is 0 Å². The molecule has 1 atom stereocenters. The Labute approximate surface area is 112 Å². The van der Waals surface area contributed by atoms with Crippen molar-refractivity contribution in [2.24, 2.45) is 0 Å². The Kier molecular flexibility index (Phi) is 2.99. The molecule has 0 radical (unpaired) electrons. The first-order valence-electron chi connectivity index (χ1n) is 6.03. The Bertz CT molecular complexity index is 566. The number of hydrogen-bond acceptors (Lipinski definition) is 1. The van der Waals surface area contributed by atoms with E-state index in [9.17, 15) is 0 Å².